The Bertz CT molecular complexity index is 286. The van der Waals surface area contributed by atoms with Crippen molar-refractivity contribution in [2.45, 2.75) is 31.3 Å². The number of nitrogens with zero attached hydrogens (tertiary/aromatic N) is 2. The van der Waals surface area contributed by atoms with E-state index in [2.05, 4.69) is 25.0 Å². The Morgan fingerprint density at radius 2 is 2.36 bits per heavy atom. The molecule has 1 heterocycles. The molecule has 0 aromatic carbocycles. The second-order valence-electron chi connectivity index (χ2n) is 3.38. The molecular formula is C10H17ClN2S. The molecule has 0 aliphatic rings. The van der Waals surface area contributed by atoms with Crippen LogP contribution in [0.4, 0.5) is 0 Å². The highest BCUT2D eigenvalue weighted by molar-refractivity contribution is 7.99. The van der Waals surface area contributed by atoms with Crippen molar-refractivity contribution >= 4 is 23.4 Å². The first-order valence-corrected chi connectivity index (χ1v) is 6.45. The summed E-state index contributed by atoms with van der Waals surface area (Å²) in [6.45, 7) is 4.27. The number of aromatic nitrogens is 2. The van der Waals surface area contributed by atoms with Gasteiger partial charge in [0, 0.05) is 29.6 Å². The minimum atomic E-state index is 0.511. The Kier molecular flexibility index (Phi) is 4.82. The molecule has 1 aromatic rings. The molecular weight excluding hydrogens is 216 g/mol. The maximum atomic E-state index is 5.75. The Hall–Kier alpha value is -0.150. The molecule has 0 radical (unpaired) electrons. The minimum Gasteiger partial charge on any atom is -0.272 e. The van der Waals surface area contributed by atoms with Gasteiger partial charge in [-0.2, -0.15) is 16.9 Å². The van der Waals surface area contributed by atoms with Crippen molar-refractivity contribution in [1.29, 1.82) is 0 Å². The zero-order valence-electron chi connectivity index (χ0n) is 8.96. The van der Waals surface area contributed by atoms with E-state index in [0.29, 0.717) is 11.1 Å². The van der Waals surface area contributed by atoms with Crippen LogP contribution in [-0.2, 0) is 19.2 Å². The molecule has 0 saturated carbocycles. The van der Waals surface area contributed by atoms with Crippen molar-refractivity contribution in [2.24, 2.45) is 7.05 Å². The number of rotatable bonds is 5. The number of hydrogen-bond donors (Lipinski definition) is 0. The molecule has 0 spiro atoms. The SMILES string of the molecule is CCc1cc(CSC(C)CCl)n(C)n1. The van der Waals surface area contributed by atoms with Crippen LogP contribution in [0.15, 0.2) is 6.07 Å². The summed E-state index contributed by atoms with van der Waals surface area (Å²) in [7, 11) is 2.00. The van der Waals surface area contributed by atoms with Crippen LogP contribution in [0.25, 0.3) is 0 Å². The third-order valence-corrected chi connectivity index (χ3v) is 3.97. The summed E-state index contributed by atoms with van der Waals surface area (Å²) in [6, 6.07) is 2.17. The van der Waals surface area contributed by atoms with Crippen molar-refractivity contribution in [3.63, 3.8) is 0 Å². The normalized spacial score (nSPS) is 13.1. The summed E-state index contributed by atoms with van der Waals surface area (Å²) in [4.78, 5) is 0. The first kappa shape index (κ1) is 11.9. The van der Waals surface area contributed by atoms with Gasteiger partial charge in [-0.25, -0.2) is 0 Å². The van der Waals surface area contributed by atoms with Gasteiger partial charge in [0.15, 0.2) is 0 Å². The van der Waals surface area contributed by atoms with Gasteiger partial charge in [-0.3, -0.25) is 4.68 Å². The van der Waals surface area contributed by atoms with Crippen LogP contribution in [0.2, 0.25) is 0 Å². The van der Waals surface area contributed by atoms with Gasteiger partial charge in [0.2, 0.25) is 0 Å². The maximum Gasteiger partial charge on any atom is 0.0624 e. The smallest absolute Gasteiger partial charge is 0.0624 e. The molecule has 0 saturated heterocycles. The van der Waals surface area contributed by atoms with Crippen LogP contribution < -0.4 is 0 Å². The van der Waals surface area contributed by atoms with E-state index < -0.39 is 0 Å². The molecule has 1 unspecified atom stereocenters. The monoisotopic (exact) mass is 232 g/mol. The summed E-state index contributed by atoms with van der Waals surface area (Å²) in [5.74, 6) is 1.71. The van der Waals surface area contributed by atoms with Crippen LogP contribution in [0.3, 0.4) is 0 Å². The highest BCUT2D eigenvalue weighted by Gasteiger charge is 2.06. The molecule has 0 amide bonds. The summed E-state index contributed by atoms with van der Waals surface area (Å²) >= 11 is 7.62. The van der Waals surface area contributed by atoms with Gasteiger partial charge in [0.05, 0.1) is 5.69 Å². The zero-order valence-corrected chi connectivity index (χ0v) is 10.5. The highest BCUT2D eigenvalue weighted by atomic mass is 35.5. The fraction of sp³-hybridized carbons (Fsp3) is 0.700. The Morgan fingerprint density at radius 3 is 2.86 bits per heavy atom. The molecule has 1 atom stereocenters. The molecule has 14 heavy (non-hydrogen) atoms. The number of hydrogen-bond acceptors (Lipinski definition) is 2. The van der Waals surface area contributed by atoms with Crippen molar-refractivity contribution in [3.05, 3.63) is 17.5 Å². The third kappa shape index (κ3) is 3.21. The first-order chi connectivity index (χ1) is 6.67. The number of thioether (sulfide) groups is 1. The molecule has 0 aliphatic heterocycles. The van der Waals surface area contributed by atoms with E-state index in [-0.39, 0.29) is 0 Å². The molecule has 80 valence electrons. The fourth-order valence-electron chi connectivity index (χ4n) is 1.15. The van der Waals surface area contributed by atoms with Gasteiger partial charge in [-0.1, -0.05) is 13.8 Å². The Balaban J connectivity index is 2.53. The summed E-state index contributed by atoms with van der Waals surface area (Å²) in [5.41, 5.74) is 2.45. The van der Waals surface area contributed by atoms with Gasteiger partial charge in [0.1, 0.15) is 0 Å². The van der Waals surface area contributed by atoms with E-state index in [1.807, 2.05) is 23.5 Å². The van der Waals surface area contributed by atoms with Crippen LogP contribution in [0.5, 0.6) is 0 Å². The van der Waals surface area contributed by atoms with Crippen LogP contribution in [-0.4, -0.2) is 20.9 Å². The van der Waals surface area contributed by atoms with Crippen LogP contribution >= 0.6 is 23.4 Å². The second kappa shape index (κ2) is 5.66. The minimum absolute atomic E-state index is 0.511. The van der Waals surface area contributed by atoms with Crippen molar-refractivity contribution in [3.8, 4) is 0 Å². The highest BCUT2D eigenvalue weighted by Crippen LogP contribution is 2.18. The van der Waals surface area contributed by atoms with Gasteiger partial charge in [0.25, 0.3) is 0 Å². The molecule has 0 fully saturated rings. The first-order valence-electron chi connectivity index (χ1n) is 4.86. The summed E-state index contributed by atoms with van der Waals surface area (Å²) in [6.07, 6.45) is 1.00. The van der Waals surface area contributed by atoms with Gasteiger partial charge < -0.3 is 0 Å². The van der Waals surface area contributed by atoms with Crippen LogP contribution in [0, 0.1) is 0 Å². The third-order valence-electron chi connectivity index (χ3n) is 2.12. The molecule has 0 bridgehead atoms. The lowest BCUT2D eigenvalue weighted by molar-refractivity contribution is 0.719. The van der Waals surface area contributed by atoms with E-state index in [4.69, 9.17) is 11.6 Å². The summed E-state index contributed by atoms with van der Waals surface area (Å²) < 4.78 is 1.97. The van der Waals surface area contributed by atoms with E-state index in [9.17, 15) is 0 Å². The van der Waals surface area contributed by atoms with Crippen molar-refractivity contribution in [2.75, 3.05) is 5.88 Å². The zero-order chi connectivity index (χ0) is 10.6. The lowest BCUT2D eigenvalue weighted by atomic mass is 10.3. The predicted molar refractivity (Wildman–Crippen MR) is 64.1 cm³/mol. The second-order valence-corrected chi connectivity index (χ2v) is 5.12. The predicted octanol–water partition coefficient (Wildman–Crippen LogP) is 2.84. The molecule has 1 rings (SSSR count). The van der Waals surface area contributed by atoms with Gasteiger partial charge >= 0.3 is 0 Å². The van der Waals surface area contributed by atoms with E-state index in [1.165, 1.54) is 11.4 Å². The average Bonchev–Trinajstić information content (AvgIpc) is 2.55. The van der Waals surface area contributed by atoms with Crippen LogP contribution in [0.1, 0.15) is 25.2 Å². The standard InChI is InChI=1S/C10H17ClN2S/c1-4-9-5-10(13(3)12-9)7-14-8(2)6-11/h5,8H,4,6-7H2,1-3H3. The van der Waals surface area contributed by atoms with Gasteiger partial charge in [-0.05, 0) is 12.5 Å². The number of aryl methyl sites for hydroxylation is 2. The molecule has 4 heteroatoms. The number of alkyl halides is 1. The number of halogens is 1. The van der Waals surface area contributed by atoms with Crippen molar-refractivity contribution < 1.29 is 0 Å². The lowest BCUT2D eigenvalue weighted by Gasteiger charge is -2.06. The largest absolute Gasteiger partial charge is 0.272 e. The fourth-order valence-corrected chi connectivity index (χ4v) is 2.23. The van der Waals surface area contributed by atoms with E-state index in [0.717, 1.165) is 12.2 Å². The Labute approximate surface area is 95.0 Å². The Morgan fingerprint density at radius 1 is 1.64 bits per heavy atom. The van der Waals surface area contributed by atoms with E-state index in [1.54, 1.807) is 0 Å². The molecule has 0 aliphatic carbocycles. The summed E-state index contributed by atoms with van der Waals surface area (Å²) in [5, 5.41) is 4.91. The van der Waals surface area contributed by atoms with Crippen molar-refractivity contribution in [1.82, 2.24) is 9.78 Å². The average molecular weight is 233 g/mol. The van der Waals surface area contributed by atoms with Gasteiger partial charge in [-0.15, -0.1) is 11.6 Å². The molecule has 1 aromatic heterocycles. The topological polar surface area (TPSA) is 17.8 Å². The molecule has 0 N–H and O–H groups in total. The maximum absolute atomic E-state index is 5.75. The quantitative estimate of drug-likeness (QED) is 0.727. The molecule has 2 nitrogen and oxygen atoms in total. The van der Waals surface area contributed by atoms with E-state index >= 15 is 0 Å². The lowest BCUT2D eigenvalue weighted by Crippen LogP contribution is -2.01.